The zero-order valence-electron chi connectivity index (χ0n) is 17.4. The Balaban J connectivity index is 1.59. The second-order valence-electron chi connectivity index (χ2n) is 7.61. The van der Waals surface area contributed by atoms with Gasteiger partial charge in [-0.1, -0.05) is 50.2 Å². The first-order valence-electron chi connectivity index (χ1n) is 10.0. The average Bonchev–Trinajstić information content (AvgIpc) is 2.72. The molecule has 0 bridgehead atoms. The Morgan fingerprint density at radius 2 is 1.79 bits per heavy atom. The summed E-state index contributed by atoms with van der Waals surface area (Å²) in [5, 5.41) is 3.03. The Hall–Kier alpha value is -2.69. The van der Waals surface area contributed by atoms with E-state index in [0.29, 0.717) is 12.5 Å². The molecule has 0 aromatic heterocycles. The number of methoxy groups -OCH3 is 1. The number of amides is 2. The Labute approximate surface area is 168 Å². The van der Waals surface area contributed by atoms with Crippen LogP contribution >= 0.6 is 0 Å². The molecule has 150 valence electrons. The molecule has 0 unspecified atom stereocenters. The van der Waals surface area contributed by atoms with E-state index in [-0.39, 0.29) is 6.03 Å². The maximum absolute atomic E-state index is 12.6. The Kier molecular flexibility index (Phi) is 6.45. The van der Waals surface area contributed by atoms with Crippen LogP contribution in [0.4, 0.5) is 10.5 Å². The summed E-state index contributed by atoms with van der Waals surface area (Å²) in [4.78, 5) is 16.9. The van der Waals surface area contributed by atoms with Gasteiger partial charge in [0, 0.05) is 44.0 Å². The number of hydrogen-bond acceptors (Lipinski definition) is 3. The lowest BCUT2D eigenvalue weighted by molar-refractivity contribution is 0.193. The molecule has 0 aliphatic carbocycles. The van der Waals surface area contributed by atoms with Crippen molar-refractivity contribution in [3.8, 4) is 5.75 Å². The molecule has 5 nitrogen and oxygen atoms in total. The van der Waals surface area contributed by atoms with Crippen molar-refractivity contribution < 1.29 is 9.53 Å². The summed E-state index contributed by atoms with van der Waals surface area (Å²) in [5.74, 6) is 1.28. The summed E-state index contributed by atoms with van der Waals surface area (Å²) in [6.45, 7) is 10.3. The zero-order valence-corrected chi connectivity index (χ0v) is 17.4. The van der Waals surface area contributed by atoms with E-state index in [9.17, 15) is 4.79 Å². The third kappa shape index (κ3) is 4.41. The normalized spacial score (nSPS) is 14.3. The fourth-order valence-electron chi connectivity index (χ4n) is 3.84. The van der Waals surface area contributed by atoms with E-state index in [1.807, 2.05) is 29.2 Å². The van der Waals surface area contributed by atoms with Crippen LogP contribution < -0.4 is 15.0 Å². The summed E-state index contributed by atoms with van der Waals surface area (Å²) in [7, 11) is 1.65. The number of hydrogen-bond donors (Lipinski definition) is 1. The van der Waals surface area contributed by atoms with E-state index in [0.717, 1.165) is 37.5 Å². The van der Waals surface area contributed by atoms with Crippen LogP contribution in [-0.2, 0) is 6.54 Å². The van der Waals surface area contributed by atoms with Gasteiger partial charge in [-0.2, -0.15) is 0 Å². The molecule has 1 fully saturated rings. The van der Waals surface area contributed by atoms with Crippen molar-refractivity contribution in [2.75, 3.05) is 38.2 Å². The van der Waals surface area contributed by atoms with Gasteiger partial charge in [-0.25, -0.2) is 4.79 Å². The summed E-state index contributed by atoms with van der Waals surface area (Å²) in [6.07, 6.45) is 0. The maximum atomic E-state index is 12.6. The summed E-state index contributed by atoms with van der Waals surface area (Å²) < 4.78 is 5.36. The van der Waals surface area contributed by atoms with Gasteiger partial charge in [0.15, 0.2) is 0 Å². The van der Waals surface area contributed by atoms with Gasteiger partial charge < -0.3 is 19.9 Å². The number of carbonyl (C=O) groups is 1. The number of rotatable bonds is 5. The molecule has 1 aliphatic rings. The molecule has 1 aliphatic heterocycles. The van der Waals surface area contributed by atoms with Gasteiger partial charge >= 0.3 is 6.03 Å². The van der Waals surface area contributed by atoms with Crippen molar-refractivity contribution in [3.63, 3.8) is 0 Å². The molecule has 2 aromatic rings. The summed E-state index contributed by atoms with van der Waals surface area (Å²) >= 11 is 0. The van der Waals surface area contributed by atoms with Crippen molar-refractivity contribution in [1.82, 2.24) is 10.2 Å². The van der Waals surface area contributed by atoms with Crippen LogP contribution in [0.25, 0.3) is 0 Å². The lowest BCUT2D eigenvalue weighted by Crippen LogP contribution is -2.52. The molecule has 28 heavy (non-hydrogen) atoms. The molecule has 2 amide bonds. The van der Waals surface area contributed by atoms with Gasteiger partial charge in [0.2, 0.25) is 0 Å². The van der Waals surface area contributed by atoms with E-state index in [4.69, 9.17) is 4.74 Å². The van der Waals surface area contributed by atoms with Gasteiger partial charge in [-0.05, 0) is 30.0 Å². The number of ether oxygens (including phenoxy) is 1. The monoisotopic (exact) mass is 381 g/mol. The van der Waals surface area contributed by atoms with Crippen LogP contribution in [0.2, 0.25) is 0 Å². The van der Waals surface area contributed by atoms with E-state index < -0.39 is 0 Å². The molecule has 0 radical (unpaired) electrons. The highest BCUT2D eigenvalue weighted by Crippen LogP contribution is 2.31. The van der Waals surface area contributed by atoms with Crippen LogP contribution in [0.15, 0.2) is 42.5 Å². The Bertz CT molecular complexity index is 811. The molecule has 1 heterocycles. The number of aryl methyl sites for hydroxylation is 1. The quantitative estimate of drug-likeness (QED) is 0.846. The molecule has 1 N–H and O–H groups in total. The highest BCUT2D eigenvalue weighted by atomic mass is 16.5. The average molecular weight is 382 g/mol. The second-order valence-corrected chi connectivity index (χ2v) is 7.61. The molecule has 0 saturated carbocycles. The second kappa shape index (κ2) is 9.00. The molecule has 0 spiro atoms. The lowest BCUT2D eigenvalue weighted by Gasteiger charge is -2.38. The SMILES string of the molecule is COc1ccccc1CNC(=O)N1CCN(c2c(C)cccc2C(C)C)CC1. The van der Waals surface area contributed by atoms with Gasteiger partial charge in [-0.15, -0.1) is 0 Å². The van der Waals surface area contributed by atoms with E-state index >= 15 is 0 Å². The van der Waals surface area contributed by atoms with Crippen molar-refractivity contribution in [2.45, 2.75) is 33.2 Å². The highest BCUT2D eigenvalue weighted by Gasteiger charge is 2.24. The van der Waals surface area contributed by atoms with Crippen LogP contribution in [-0.4, -0.2) is 44.2 Å². The maximum Gasteiger partial charge on any atom is 0.317 e. The largest absolute Gasteiger partial charge is 0.496 e. The number of nitrogens with zero attached hydrogens (tertiary/aromatic N) is 2. The van der Waals surface area contributed by atoms with Gasteiger partial charge in [0.1, 0.15) is 5.75 Å². The molecule has 3 rings (SSSR count). The van der Waals surface area contributed by atoms with Crippen molar-refractivity contribution in [2.24, 2.45) is 0 Å². The molecular weight excluding hydrogens is 350 g/mol. The van der Waals surface area contributed by atoms with E-state index in [1.54, 1.807) is 7.11 Å². The van der Waals surface area contributed by atoms with Gasteiger partial charge in [0.05, 0.1) is 7.11 Å². The Morgan fingerprint density at radius 3 is 2.46 bits per heavy atom. The number of nitrogens with one attached hydrogen (secondary N) is 1. The fraction of sp³-hybridized carbons (Fsp3) is 0.435. The van der Waals surface area contributed by atoms with Gasteiger partial charge in [-0.3, -0.25) is 0 Å². The first kappa shape index (κ1) is 20.1. The van der Waals surface area contributed by atoms with E-state index in [2.05, 4.69) is 49.2 Å². The fourth-order valence-corrected chi connectivity index (χ4v) is 3.84. The minimum Gasteiger partial charge on any atom is -0.496 e. The molecule has 1 saturated heterocycles. The lowest BCUT2D eigenvalue weighted by atomic mass is 9.97. The predicted molar refractivity (Wildman–Crippen MR) is 114 cm³/mol. The number of para-hydroxylation sites is 2. The molecule has 2 aromatic carbocycles. The molecule has 5 heteroatoms. The Morgan fingerprint density at radius 1 is 1.07 bits per heavy atom. The standard InChI is InChI=1S/C23H31N3O2/c1-17(2)20-10-7-8-18(3)22(20)25-12-14-26(15-13-25)23(27)24-16-19-9-5-6-11-21(19)28-4/h5-11,17H,12-16H2,1-4H3,(H,24,27). The summed E-state index contributed by atoms with van der Waals surface area (Å²) in [5.41, 5.74) is 5.01. The number of benzene rings is 2. The topological polar surface area (TPSA) is 44.8 Å². The first-order chi connectivity index (χ1) is 13.5. The smallest absolute Gasteiger partial charge is 0.317 e. The predicted octanol–water partition coefficient (Wildman–Crippen LogP) is 4.16. The van der Waals surface area contributed by atoms with Crippen molar-refractivity contribution >= 4 is 11.7 Å². The minimum atomic E-state index is -0.0144. The van der Waals surface area contributed by atoms with Crippen LogP contribution in [0.1, 0.15) is 36.5 Å². The number of anilines is 1. The highest BCUT2D eigenvalue weighted by molar-refractivity contribution is 5.75. The number of carbonyl (C=O) groups excluding carboxylic acids is 1. The number of piperazine rings is 1. The van der Waals surface area contributed by atoms with Crippen LogP contribution in [0.3, 0.4) is 0 Å². The number of urea groups is 1. The van der Waals surface area contributed by atoms with E-state index in [1.165, 1.54) is 16.8 Å². The third-order valence-electron chi connectivity index (χ3n) is 5.40. The zero-order chi connectivity index (χ0) is 20.1. The minimum absolute atomic E-state index is 0.0144. The first-order valence-corrected chi connectivity index (χ1v) is 10.0. The molecule has 0 atom stereocenters. The third-order valence-corrected chi connectivity index (χ3v) is 5.40. The summed E-state index contributed by atoms with van der Waals surface area (Å²) in [6, 6.07) is 14.3. The van der Waals surface area contributed by atoms with Crippen molar-refractivity contribution in [3.05, 3.63) is 59.2 Å². The van der Waals surface area contributed by atoms with Crippen molar-refractivity contribution in [1.29, 1.82) is 0 Å². The van der Waals surface area contributed by atoms with Crippen LogP contribution in [0.5, 0.6) is 5.75 Å². The van der Waals surface area contributed by atoms with Gasteiger partial charge in [0.25, 0.3) is 0 Å². The van der Waals surface area contributed by atoms with Crippen LogP contribution in [0, 0.1) is 6.92 Å². The molecular formula is C23H31N3O2.